The van der Waals surface area contributed by atoms with Crippen molar-refractivity contribution in [1.29, 1.82) is 0 Å². The zero-order valence-corrected chi connectivity index (χ0v) is 17.4. The number of nitrogens with zero attached hydrogens (tertiary/aromatic N) is 4. The van der Waals surface area contributed by atoms with Crippen LogP contribution in [0.5, 0.6) is 0 Å². The van der Waals surface area contributed by atoms with Gasteiger partial charge in [0.15, 0.2) is 11.2 Å². The molecule has 5 aromatic rings. The molecule has 0 spiro atoms. The standard InChI is InChI=1S/C25H18F2N4O2/c26-19-8-6-18(7-9-19)14-29-16-28-23-22(29)24(32)30(15-17-4-2-1-3-5-17)25(33)31(23)21-12-10-20(27)11-13-21/h1-13,16H,14-15H2. The lowest BCUT2D eigenvalue weighted by Crippen LogP contribution is -2.40. The van der Waals surface area contributed by atoms with Crippen molar-refractivity contribution in [2.75, 3.05) is 0 Å². The Bertz CT molecular complexity index is 1550. The first-order valence-corrected chi connectivity index (χ1v) is 10.3. The van der Waals surface area contributed by atoms with Gasteiger partial charge in [0.2, 0.25) is 0 Å². The quantitative estimate of drug-likeness (QED) is 0.415. The van der Waals surface area contributed by atoms with Gasteiger partial charge < -0.3 is 4.57 Å². The molecular weight excluding hydrogens is 426 g/mol. The van der Waals surface area contributed by atoms with Crippen molar-refractivity contribution in [3.05, 3.63) is 129 Å². The lowest BCUT2D eigenvalue weighted by Gasteiger charge is -2.13. The molecule has 2 aromatic heterocycles. The first-order valence-electron chi connectivity index (χ1n) is 10.3. The summed E-state index contributed by atoms with van der Waals surface area (Å²) in [5.41, 5.74) is 1.27. The summed E-state index contributed by atoms with van der Waals surface area (Å²) in [6, 6.07) is 20.5. The Balaban J connectivity index is 1.75. The molecule has 0 unspecified atom stereocenters. The summed E-state index contributed by atoms with van der Waals surface area (Å²) < 4.78 is 30.9. The van der Waals surface area contributed by atoms with Gasteiger partial charge in [-0.2, -0.15) is 0 Å². The van der Waals surface area contributed by atoms with Crippen molar-refractivity contribution in [3.63, 3.8) is 0 Å². The van der Waals surface area contributed by atoms with Crippen molar-refractivity contribution in [3.8, 4) is 5.69 Å². The third-order valence-corrected chi connectivity index (χ3v) is 5.43. The van der Waals surface area contributed by atoms with Crippen LogP contribution in [0.25, 0.3) is 16.9 Å². The van der Waals surface area contributed by atoms with Crippen molar-refractivity contribution >= 4 is 11.2 Å². The van der Waals surface area contributed by atoms with E-state index in [1.54, 1.807) is 16.7 Å². The third kappa shape index (κ3) is 3.87. The number of imidazole rings is 1. The SMILES string of the molecule is O=c1c2c(ncn2Cc2ccc(F)cc2)n(-c2ccc(F)cc2)c(=O)n1Cc1ccccc1. The minimum absolute atomic E-state index is 0.0668. The number of halogens is 2. The predicted molar refractivity (Wildman–Crippen MR) is 121 cm³/mol. The molecule has 6 nitrogen and oxygen atoms in total. The highest BCUT2D eigenvalue weighted by Crippen LogP contribution is 2.16. The first-order chi connectivity index (χ1) is 16.0. The van der Waals surface area contributed by atoms with E-state index in [9.17, 15) is 18.4 Å². The van der Waals surface area contributed by atoms with Gasteiger partial charge in [0.1, 0.15) is 11.6 Å². The number of fused-ring (bicyclic) bond motifs is 1. The van der Waals surface area contributed by atoms with E-state index < -0.39 is 17.1 Å². The molecule has 0 aliphatic heterocycles. The molecule has 5 rings (SSSR count). The van der Waals surface area contributed by atoms with Gasteiger partial charge in [-0.3, -0.25) is 9.36 Å². The van der Waals surface area contributed by atoms with Gasteiger partial charge in [-0.15, -0.1) is 0 Å². The molecule has 0 fully saturated rings. The van der Waals surface area contributed by atoms with Crippen LogP contribution in [0, 0.1) is 11.6 Å². The fourth-order valence-electron chi connectivity index (χ4n) is 3.81. The monoisotopic (exact) mass is 444 g/mol. The summed E-state index contributed by atoms with van der Waals surface area (Å²) >= 11 is 0. The van der Waals surface area contributed by atoms with Crippen LogP contribution in [0.3, 0.4) is 0 Å². The average Bonchev–Trinajstić information content (AvgIpc) is 3.23. The Morgan fingerprint density at radius 3 is 2.00 bits per heavy atom. The van der Waals surface area contributed by atoms with Gasteiger partial charge in [0, 0.05) is 6.54 Å². The lowest BCUT2D eigenvalue weighted by atomic mass is 10.2. The minimum atomic E-state index is -0.574. The molecule has 2 heterocycles. The van der Waals surface area contributed by atoms with E-state index in [1.165, 1.54) is 47.3 Å². The summed E-state index contributed by atoms with van der Waals surface area (Å²) in [5, 5.41) is 0. The molecule has 3 aromatic carbocycles. The third-order valence-electron chi connectivity index (χ3n) is 5.43. The Morgan fingerprint density at radius 2 is 1.33 bits per heavy atom. The summed E-state index contributed by atoms with van der Waals surface area (Å²) in [7, 11) is 0. The van der Waals surface area contributed by atoms with Crippen molar-refractivity contribution in [2.24, 2.45) is 0 Å². The summed E-state index contributed by atoms with van der Waals surface area (Å²) in [6.45, 7) is 0.330. The first kappa shape index (κ1) is 20.6. The van der Waals surface area contributed by atoms with Crippen molar-refractivity contribution < 1.29 is 8.78 Å². The van der Waals surface area contributed by atoms with E-state index in [0.29, 0.717) is 5.69 Å². The minimum Gasteiger partial charge on any atom is -0.320 e. The molecule has 0 saturated carbocycles. The van der Waals surface area contributed by atoms with Crippen LogP contribution in [0.15, 0.2) is 94.8 Å². The summed E-state index contributed by atoms with van der Waals surface area (Å²) in [5.74, 6) is -0.799. The molecule has 0 radical (unpaired) electrons. The predicted octanol–water partition coefficient (Wildman–Crippen LogP) is 3.72. The Labute approximate surface area is 186 Å². The van der Waals surface area contributed by atoms with Gasteiger partial charge in [-0.1, -0.05) is 42.5 Å². The molecule has 0 amide bonds. The molecule has 164 valence electrons. The van der Waals surface area contributed by atoms with E-state index in [-0.39, 0.29) is 30.1 Å². The Kier molecular flexibility index (Phi) is 5.18. The highest BCUT2D eigenvalue weighted by molar-refractivity contribution is 5.72. The molecule has 0 aliphatic rings. The van der Waals surface area contributed by atoms with E-state index in [1.807, 2.05) is 30.3 Å². The number of rotatable bonds is 5. The average molecular weight is 444 g/mol. The van der Waals surface area contributed by atoms with Crippen LogP contribution >= 0.6 is 0 Å². The normalized spacial score (nSPS) is 11.2. The van der Waals surface area contributed by atoms with Crippen LogP contribution in [0.2, 0.25) is 0 Å². The second kappa shape index (κ2) is 8.31. The Morgan fingerprint density at radius 1 is 0.727 bits per heavy atom. The molecular formula is C25H18F2N4O2. The number of hydrogen-bond acceptors (Lipinski definition) is 3. The summed E-state index contributed by atoms with van der Waals surface area (Å²) in [4.78, 5) is 31.3. The maximum absolute atomic E-state index is 13.5. The van der Waals surface area contributed by atoms with Gasteiger partial charge in [-0.05, 0) is 47.5 Å². The number of aromatic nitrogens is 4. The molecule has 0 N–H and O–H groups in total. The van der Waals surface area contributed by atoms with Crippen LogP contribution in [-0.4, -0.2) is 18.7 Å². The van der Waals surface area contributed by atoms with Gasteiger partial charge in [0.05, 0.1) is 18.6 Å². The van der Waals surface area contributed by atoms with E-state index >= 15 is 0 Å². The molecule has 0 atom stereocenters. The van der Waals surface area contributed by atoms with Gasteiger partial charge in [-0.25, -0.2) is 23.1 Å². The second-order valence-corrected chi connectivity index (χ2v) is 7.64. The van der Waals surface area contributed by atoms with Crippen LogP contribution in [-0.2, 0) is 13.1 Å². The van der Waals surface area contributed by atoms with E-state index in [4.69, 9.17) is 0 Å². The van der Waals surface area contributed by atoms with Crippen LogP contribution in [0.4, 0.5) is 8.78 Å². The molecule has 33 heavy (non-hydrogen) atoms. The van der Waals surface area contributed by atoms with Crippen LogP contribution < -0.4 is 11.2 Å². The topological polar surface area (TPSA) is 61.8 Å². The van der Waals surface area contributed by atoms with E-state index in [2.05, 4.69) is 4.98 Å². The zero-order valence-electron chi connectivity index (χ0n) is 17.4. The summed E-state index contributed by atoms with van der Waals surface area (Å²) in [6.07, 6.45) is 1.47. The van der Waals surface area contributed by atoms with Crippen LogP contribution in [0.1, 0.15) is 11.1 Å². The highest BCUT2D eigenvalue weighted by Gasteiger charge is 2.19. The smallest absolute Gasteiger partial charge is 0.320 e. The largest absolute Gasteiger partial charge is 0.337 e. The van der Waals surface area contributed by atoms with Gasteiger partial charge in [0.25, 0.3) is 5.56 Å². The lowest BCUT2D eigenvalue weighted by molar-refractivity contribution is 0.626. The van der Waals surface area contributed by atoms with Gasteiger partial charge >= 0.3 is 5.69 Å². The maximum Gasteiger partial charge on any atom is 0.337 e. The second-order valence-electron chi connectivity index (χ2n) is 7.64. The Hall–Kier alpha value is -4.33. The highest BCUT2D eigenvalue weighted by atomic mass is 19.1. The van der Waals surface area contributed by atoms with Crippen molar-refractivity contribution in [2.45, 2.75) is 13.1 Å². The fraction of sp³-hybridized carbons (Fsp3) is 0.0800. The fourth-order valence-corrected chi connectivity index (χ4v) is 3.81. The number of benzene rings is 3. The maximum atomic E-state index is 13.5. The molecule has 0 aliphatic carbocycles. The van der Waals surface area contributed by atoms with Crippen molar-refractivity contribution in [1.82, 2.24) is 18.7 Å². The molecule has 0 saturated heterocycles. The zero-order chi connectivity index (χ0) is 22.9. The van der Waals surface area contributed by atoms with E-state index in [0.717, 1.165) is 15.7 Å². The molecule has 0 bridgehead atoms. The number of hydrogen-bond donors (Lipinski definition) is 0. The molecule has 8 heteroatoms.